The summed E-state index contributed by atoms with van der Waals surface area (Å²) in [7, 11) is 0. The zero-order valence-electron chi connectivity index (χ0n) is 8.91. The number of nitrogens with zero attached hydrogens (tertiary/aromatic N) is 2. The van der Waals surface area contributed by atoms with Crippen LogP contribution in [0.4, 0.5) is 5.82 Å². The number of nitrogens with one attached hydrogen (secondary N) is 3. The monoisotopic (exact) mass is 255 g/mol. The van der Waals surface area contributed by atoms with Crippen molar-refractivity contribution in [1.29, 1.82) is 5.41 Å². The third-order valence-electron chi connectivity index (χ3n) is 2.14. The minimum Gasteiger partial charge on any atom is -0.363 e. The molecule has 0 atom stereocenters. The normalized spacial score (nSPS) is 13.3. The van der Waals surface area contributed by atoms with Crippen molar-refractivity contribution >= 4 is 34.9 Å². The van der Waals surface area contributed by atoms with Crippen LogP contribution in [0.3, 0.4) is 0 Å². The number of anilines is 1. The van der Waals surface area contributed by atoms with Gasteiger partial charge in [0.05, 0.1) is 0 Å². The second kappa shape index (κ2) is 4.84. The Bertz CT molecular complexity index is 467. The van der Waals surface area contributed by atoms with Crippen LogP contribution in [-0.4, -0.2) is 27.0 Å². The summed E-state index contributed by atoms with van der Waals surface area (Å²) in [5.74, 6) is 1.62. The molecule has 1 aromatic rings. The molecule has 0 bridgehead atoms. The molecule has 7 heteroatoms. The summed E-state index contributed by atoms with van der Waals surface area (Å²) >= 11 is 6.73. The van der Waals surface area contributed by atoms with E-state index in [0.29, 0.717) is 16.4 Å². The Balaban J connectivity index is 2.20. The molecule has 0 fully saturated rings. The molecule has 0 amide bonds. The van der Waals surface area contributed by atoms with Gasteiger partial charge in [-0.25, -0.2) is 4.98 Å². The lowest BCUT2D eigenvalue weighted by molar-refractivity contribution is 0.638. The van der Waals surface area contributed by atoms with Crippen LogP contribution in [0.2, 0.25) is 0 Å². The largest absolute Gasteiger partial charge is 0.363 e. The van der Waals surface area contributed by atoms with Crippen LogP contribution in [0, 0.1) is 5.41 Å². The second-order valence-corrected chi connectivity index (χ2v) is 4.76. The van der Waals surface area contributed by atoms with Gasteiger partial charge in [0.25, 0.3) is 0 Å². The van der Waals surface area contributed by atoms with Crippen molar-refractivity contribution in [2.75, 3.05) is 17.6 Å². The molecule has 0 spiro atoms. The number of rotatable bonds is 2. The van der Waals surface area contributed by atoms with E-state index in [1.807, 2.05) is 11.5 Å². The Morgan fingerprint density at radius 1 is 1.75 bits per heavy atom. The maximum atomic E-state index is 7.84. The zero-order valence-corrected chi connectivity index (χ0v) is 10.5. The third kappa shape index (κ3) is 2.35. The molecular formula is C9H13N5S2. The fourth-order valence-corrected chi connectivity index (χ4v) is 2.66. The third-order valence-corrected chi connectivity index (χ3v) is 3.34. The van der Waals surface area contributed by atoms with Crippen LogP contribution in [0.5, 0.6) is 0 Å². The van der Waals surface area contributed by atoms with Crippen molar-refractivity contribution in [2.24, 2.45) is 0 Å². The number of fused-ring (bicyclic) bond motifs is 1. The highest BCUT2D eigenvalue weighted by Gasteiger charge is 2.13. The SMILES string of the molecule is CCNC(=S)Nc1cc(=N)n2c(n1)SCC2. The number of thioether (sulfide) groups is 1. The van der Waals surface area contributed by atoms with Crippen molar-refractivity contribution in [1.82, 2.24) is 14.9 Å². The second-order valence-electron chi connectivity index (χ2n) is 3.29. The molecule has 1 aliphatic heterocycles. The Morgan fingerprint density at radius 3 is 3.31 bits per heavy atom. The van der Waals surface area contributed by atoms with Crippen LogP contribution in [0.1, 0.15) is 6.92 Å². The first-order chi connectivity index (χ1) is 7.70. The van der Waals surface area contributed by atoms with Gasteiger partial charge >= 0.3 is 0 Å². The lowest BCUT2D eigenvalue weighted by Gasteiger charge is -2.09. The zero-order chi connectivity index (χ0) is 11.5. The highest BCUT2D eigenvalue weighted by atomic mass is 32.2. The average molecular weight is 255 g/mol. The lowest BCUT2D eigenvalue weighted by atomic mass is 10.5. The summed E-state index contributed by atoms with van der Waals surface area (Å²) < 4.78 is 1.89. The molecule has 1 aliphatic rings. The molecule has 2 rings (SSSR count). The minimum atomic E-state index is 0.469. The molecule has 2 heterocycles. The van der Waals surface area contributed by atoms with Gasteiger partial charge in [0, 0.05) is 24.9 Å². The summed E-state index contributed by atoms with van der Waals surface area (Å²) in [5.41, 5.74) is 0.469. The molecule has 0 aliphatic carbocycles. The first-order valence-electron chi connectivity index (χ1n) is 5.05. The summed E-state index contributed by atoms with van der Waals surface area (Å²) in [6.45, 7) is 3.61. The van der Waals surface area contributed by atoms with E-state index in [9.17, 15) is 0 Å². The fraction of sp³-hybridized carbons (Fsp3) is 0.444. The predicted molar refractivity (Wildman–Crippen MR) is 68.7 cm³/mol. The van der Waals surface area contributed by atoms with E-state index in [1.54, 1.807) is 17.8 Å². The van der Waals surface area contributed by atoms with Gasteiger partial charge in [-0.1, -0.05) is 11.8 Å². The van der Waals surface area contributed by atoms with E-state index in [1.165, 1.54) is 0 Å². The van der Waals surface area contributed by atoms with E-state index in [2.05, 4.69) is 15.6 Å². The van der Waals surface area contributed by atoms with Crippen LogP contribution in [-0.2, 0) is 6.54 Å². The summed E-state index contributed by atoms with van der Waals surface area (Å²) in [6, 6.07) is 1.69. The van der Waals surface area contributed by atoms with E-state index >= 15 is 0 Å². The minimum absolute atomic E-state index is 0.469. The van der Waals surface area contributed by atoms with E-state index < -0.39 is 0 Å². The first kappa shape index (κ1) is 11.4. The molecule has 5 nitrogen and oxygen atoms in total. The fourth-order valence-electron chi connectivity index (χ4n) is 1.45. The van der Waals surface area contributed by atoms with Gasteiger partial charge in [0.2, 0.25) is 0 Å². The van der Waals surface area contributed by atoms with Crippen molar-refractivity contribution in [3.63, 3.8) is 0 Å². The van der Waals surface area contributed by atoms with E-state index in [0.717, 1.165) is 24.0 Å². The quantitative estimate of drug-likeness (QED) is 0.538. The maximum absolute atomic E-state index is 7.84. The van der Waals surface area contributed by atoms with Crippen molar-refractivity contribution in [3.8, 4) is 0 Å². The van der Waals surface area contributed by atoms with Crippen molar-refractivity contribution in [3.05, 3.63) is 11.6 Å². The van der Waals surface area contributed by atoms with Crippen LogP contribution in [0.15, 0.2) is 11.2 Å². The molecule has 0 saturated heterocycles. The summed E-state index contributed by atoms with van der Waals surface area (Å²) in [4.78, 5) is 4.40. The van der Waals surface area contributed by atoms with E-state index in [-0.39, 0.29) is 0 Å². The Kier molecular flexibility index (Phi) is 3.45. The topological polar surface area (TPSA) is 65.7 Å². The molecule has 0 unspecified atom stereocenters. The van der Waals surface area contributed by atoms with Gasteiger partial charge in [-0.3, -0.25) is 5.41 Å². The van der Waals surface area contributed by atoms with Crippen LogP contribution >= 0.6 is 24.0 Å². The molecule has 0 aromatic carbocycles. The Morgan fingerprint density at radius 2 is 2.56 bits per heavy atom. The van der Waals surface area contributed by atoms with Crippen LogP contribution < -0.4 is 16.1 Å². The first-order valence-corrected chi connectivity index (χ1v) is 6.44. The number of hydrogen-bond donors (Lipinski definition) is 3. The van der Waals surface area contributed by atoms with Crippen molar-refractivity contribution in [2.45, 2.75) is 18.6 Å². The lowest BCUT2D eigenvalue weighted by Crippen LogP contribution is -2.30. The highest BCUT2D eigenvalue weighted by molar-refractivity contribution is 7.99. The van der Waals surface area contributed by atoms with Crippen LogP contribution in [0.25, 0.3) is 0 Å². The maximum Gasteiger partial charge on any atom is 0.171 e. The van der Waals surface area contributed by atoms with Crippen molar-refractivity contribution < 1.29 is 0 Å². The summed E-state index contributed by atoms with van der Waals surface area (Å²) in [6.07, 6.45) is 0. The predicted octanol–water partition coefficient (Wildman–Crippen LogP) is 0.775. The Labute approximate surface area is 103 Å². The standard InChI is InChI=1S/C9H13N5S2/c1-2-11-8(15)12-7-5-6(10)14-3-4-16-9(14)13-7/h5,10H,2-4H2,1H3,(H2,11,12,15). The highest BCUT2D eigenvalue weighted by Crippen LogP contribution is 2.21. The van der Waals surface area contributed by atoms with Gasteiger partial charge in [-0.15, -0.1) is 0 Å². The molecule has 86 valence electrons. The molecule has 0 saturated carbocycles. The number of thiocarbonyl (C=S) groups is 1. The van der Waals surface area contributed by atoms with Gasteiger partial charge in [0.15, 0.2) is 10.3 Å². The Hall–Kier alpha value is -1.08. The smallest absolute Gasteiger partial charge is 0.171 e. The number of aromatic nitrogens is 2. The molecule has 0 radical (unpaired) electrons. The average Bonchev–Trinajstić information content (AvgIpc) is 2.66. The molecule has 3 N–H and O–H groups in total. The molecule has 16 heavy (non-hydrogen) atoms. The van der Waals surface area contributed by atoms with Gasteiger partial charge in [-0.2, -0.15) is 0 Å². The summed E-state index contributed by atoms with van der Waals surface area (Å²) in [5, 5.41) is 15.2. The molecule has 1 aromatic heterocycles. The van der Waals surface area contributed by atoms with Gasteiger partial charge < -0.3 is 15.2 Å². The molecular weight excluding hydrogens is 242 g/mol. The van der Waals surface area contributed by atoms with Gasteiger partial charge in [0.1, 0.15) is 11.3 Å². The number of hydrogen-bond acceptors (Lipinski definition) is 4. The van der Waals surface area contributed by atoms with Gasteiger partial charge in [-0.05, 0) is 19.1 Å². The van der Waals surface area contributed by atoms with E-state index in [4.69, 9.17) is 17.6 Å².